The highest BCUT2D eigenvalue weighted by Crippen LogP contribution is 2.45. The molecule has 0 bridgehead atoms. The molecule has 1 saturated carbocycles. The lowest BCUT2D eigenvalue weighted by Crippen LogP contribution is -2.32. The van der Waals surface area contributed by atoms with Gasteiger partial charge in [0.15, 0.2) is 21.3 Å². The van der Waals surface area contributed by atoms with Crippen LogP contribution in [0, 0.1) is 11.6 Å². The summed E-state index contributed by atoms with van der Waals surface area (Å²) < 4.78 is 40.3. The largest absolute Gasteiger partial charge is 0.482 e. The SMILES string of the molecule is O=C(COc1ccc([S+](c2ccccc2)c2cc(F)cc(F)c2)cc1)OC1(c2cccc3ccccc23)CCCC1. The average molecular weight is 568 g/mol. The summed E-state index contributed by atoms with van der Waals surface area (Å²) in [6.07, 6.45) is 3.56. The summed E-state index contributed by atoms with van der Waals surface area (Å²) >= 11 is 0. The highest BCUT2D eigenvalue weighted by molar-refractivity contribution is 7.97. The molecule has 6 rings (SSSR count). The van der Waals surface area contributed by atoms with Crippen molar-refractivity contribution in [2.75, 3.05) is 6.61 Å². The predicted molar refractivity (Wildman–Crippen MR) is 157 cm³/mol. The molecule has 0 saturated heterocycles. The quantitative estimate of drug-likeness (QED) is 0.139. The number of esters is 1. The lowest BCUT2D eigenvalue weighted by molar-refractivity contribution is -0.163. The van der Waals surface area contributed by atoms with Crippen molar-refractivity contribution in [2.45, 2.75) is 46.0 Å². The zero-order valence-electron chi connectivity index (χ0n) is 22.4. The summed E-state index contributed by atoms with van der Waals surface area (Å²) in [6, 6.07) is 34.8. The maximum Gasteiger partial charge on any atom is 0.345 e. The van der Waals surface area contributed by atoms with Crippen molar-refractivity contribution < 1.29 is 23.0 Å². The number of benzene rings is 5. The molecule has 0 N–H and O–H groups in total. The first-order valence-corrected chi connectivity index (χ1v) is 14.9. The molecular weight excluding hydrogens is 538 g/mol. The number of halogens is 2. The molecule has 0 radical (unpaired) electrons. The van der Waals surface area contributed by atoms with E-state index in [9.17, 15) is 13.6 Å². The van der Waals surface area contributed by atoms with E-state index in [0.29, 0.717) is 10.6 Å². The molecule has 1 unspecified atom stereocenters. The Hall–Kier alpha value is -4.16. The predicted octanol–water partition coefficient (Wildman–Crippen LogP) is 8.60. The van der Waals surface area contributed by atoms with Gasteiger partial charge in [-0.3, -0.25) is 0 Å². The molecule has 0 amide bonds. The van der Waals surface area contributed by atoms with E-state index in [0.717, 1.165) is 57.9 Å². The van der Waals surface area contributed by atoms with Crippen LogP contribution in [0.1, 0.15) is 31.2 Å². The smallest absolute Gasteiger partial charge is 0.345 e. The minimum atomic E-state index is -0.725. The van der Waals surface area contributed by atoms with Crippen LogP contribution in [0.4, 0.5) is 8.78 Å². The number of fused-ring (bicyclic) bond motifs is 1. The van der Waals surface area contributed by atoms with Crippen LogP contribution in [-0.4, -0.2) is 12.6 Å². The van der Waals surface area contributed by atoms with Crippen LogP contribution in [0.5, 0.6) is 5.75 Å². The Labute approximate surface area is 241 Å². The molecule has 0 aromatic heterocycles. The number of rotatable bonds is 8. The van der Waals surface area contributed by atoms with E-state index in [2.05, 4.69) is 24.3 Å². The Morgan fingerprint density at radius 2 is 1.34 bits per heavy atom. The van der Waals surface area contributed by atoms with Gasteiger partial charge in [0, 0.05) is 23.8 Å². The first kappa shape index (κ1) is 27.0. The van der Waals surface area contributed by atoms with Gasteiger partial charge in [-0.1, -0.05) is 60.7 Å². The van der Waals surface area contributed by atoms with Gasteiger partial charge in [0.1, 0.15) is 23.0 Å². The molecule has 3 nitrogen and oxygen atoms in total. The van der Waals surface area contributed by atoms with Crippen molar-refractivity contribution in [3.05, 3.63) is 132 Å². The van der Waals surface area contributed by atoms with Crippen LogP contribution in [0.25, 0.3) is 10.8 Å². The summed E-state index contributed by atoms with van der Waals surface area (Å²) in [5.41, 5.74) is 0.391. The maximum absolute atomic E-state index is 14.1. The minimum absolute atomic E-state index is 0.217. The fourth-order valence-corrected chi connectivity index (χ4v) is 7.78. The zero-order valence-corrected chi connectivity index (χ0v) is 23.2. The van der Waals surface area contributed by atoms with E-state index < -0.39 is 34.1 Å². The molecule has 0 aliphatic heterocycles. The second kappa shape index (κ2) is 11.8. The number of carbonyl (C=O) groups excluding carboxylic acids is 1. The maximum atomic E-state index is 14.1. The molecule has 1 aliphatic rings. The van der Waals surface area contributed by atoms with E-state index >= 15 is 0 Å². The normalized spacial score (nSPS) is 15.0. The molecule has 6 heteroatoms. The summed E-state index contributed by atoms with van der Waals surface area (Å²) in [5.74, 6) is -1.13. The fraction of sp³-hybridized carbons (Fsp3) is 0.171. The van der Waals surface area contributed by atoms with Crippen LogP contribution in [-0.2, 0) is 26.0 Å². The van der Waals surface area contributed by atoms with Crippen molar-refractivity contribution in [3.63, 3.8) is 0 Å². The second-order valence-electron chi connectivity index (χ2n) is 10.2. The number of ether oxygens (including phenoxy) is 2. The first-order chi connectivity index (χ1) is 20.0. The van der Waals surface area contributed by atoms with Gasteiger partial charge >= 0.3 is 5.97 Å². The molecule has 0 spiro atoms. The first-order valence-electron chi connectivity index (χ1n) is 13.7. The summed E-state index contributed by atoms with van der Waals surface area (Å²) in [5, 5.41) is 2.23. The van der Waals surface area contributed by atoms with Crippen molar-refractivity contribution >= 4 is 27.6 Å². The third kappa shape index (κ3) is 5.84. The summed E-state index contributed by atoms with van der Waals surface area (Å²) in [4.78, 5) is 15.4. The third-order valence-corrected chi connectivity index (χ3v) is 9.66. The summed E-state index contributed by atoms with van der Waals surface area (Å²) in [7, 11) is -0.725. The molecule has 206 valence electrons. The number of hydrogen-bond acceptors (Lipinski definition) is 3. The topological polar surface area (TPSA) is 35.5 Å². The van der Waals surface area contributed by atoms with Crippen molar-refractivity contribution in [3.8, 4) is 5.75 Å². The second-order valence-corrected chi connectivity index (χ2v) is 12.2. The third-order valence-electron chi connectivity index (χ3n) is 7.47. The van der Waals surface area contributed by atoms with Gasteiger partial charge in [0.2, 0.25) is 0 Å². The lowest BCUT2D eigenvalue weighted by atomic mass is 9.87. The summed E-state index contributed by atoms with van der Waals surface area (Å²) in [6.45, 7) is -0.217. The monoisotopic (exact) mass is 567 g/mol. The van der Waals surface area contributed by atoms with E-state index in [1.807, 2.05) is 60.7 Å². The van der Waals surface area contributed by atoms with E-state index in [4.69, 9.17) is 9.47 Å². The van der Waals surface area contributed by atoms with Gasteiger partial charge < -0.3 is 9.47 Å². The van der Waals surface area contributed by atoms with E-state index in [-0.39, 0.29) is 6.61 Å². The van der Waals surface area contributed by atoms with Gasteiger partial charge in [-0.2, -0.15) is 0 Å². The van der Waals surface area contributed by atoms with Gasteiger partial charge in [-0.05, 0) is 72.9 Å². The molecule has 41 heavy (non-hydrogen) atoms. The van der Waals surface area contributed by atoms with Crippen molar-refractivity contribution in [1.29, 1.82) is 0 Å². The van der Waals surface area contributed by atoms with Crippen molar-refractivity contribution in [2.24, 2.45) is 0 Å². The Balaban J connectivity index is 1.19. The van der Waals surface area contributed by atoms with Crippen molar-refractivity contribution in [1.82, 2.24) is 0 Å². The van der Waals surface area contributed by atoms with Crippen LogP contribution in [0.15, 0.2) is 130 Å². The van der Waals surface area contributed by atoms with E-state index in [1.54, 1.807) is 12.1 Å². The molecule has 1 atom stereocenters. The Bertz CT molecular complexity index is 1640. The highest BCUT2D eigenvalue weighted by Gasteiger charge is 2.40. The standard InChI is InChI=1S/C35H29F2O3S/c36-26-21-27(37)23-31(22-26)41(29-11-2-1-3-12-29)30-17-15-28(16-18-30)39-24-34(38)40-35(19-6-7-20-35)33-14-8-10-25-9-4-5-13-32(25)33/h1-5,8-18,21-23H,6-7,19-20,24H2/q+1. The Morgan fingerprint density at radius 3 is 2.07 bits per heavy atom. The average Bonchev–Trinajstić information content (AvgIpc) is 3.46. The number of carbonyl (C=O) groups is 1. The molecule has 1 aliphatic carbocycles. The molecule has 5 aromatic carbocycles. The molecule has 0 heterocycles. The van der Waals surface area contributed by atoms with Crippen LogP contribution in [0.3, 0.4) is 0 Å². The fourth-order valence-electron chi connectivity index (χ4n) is 5.67. The van der Waals surface area contributed by atoms with Gasteiger partial charge in [-0.25, -0.2) is 13.6 Å². The molecule has 5 aromatic rings. The van der Waals surface area contributed by atoms with Gasteiger partial charge in [0.25, 0.3) is 0 Å². The Kier molecular flexibility index (Phi) is 7.75. The van der Waals surface area contributed by atoms with Crippen LogP contribution < -0.4 is 4.74 Å². The lowest BCUT2D eigenvalue weighted by Gasteiger charge is -2.31. The molecular formula is C35H29F2O3S+. The zero-order chi connectivity index (χ0) is 28.2. The Morgan fingerprint density at radius 1 is 0.707 bits per heavy atom. The molecule has 1 fully saturated rings. The van der Waals surface area contributed by atoms with Gasteiger partial charge in [0.05, 0.1) is 10.9 Å². The highest BCUT2D eigenvalue weighted by atomic mass is 32.2. The van der Waals surface area contributed by atoms with Crippen LogP contribution in [0.2, 0.25) is 0 Å². The van der Waals surface area contributed by atoms with E-state index in [1.165, 1.54) is 12.1 Å². The minimum Gasteiger partial charge on any atom is -0.482 e. The number of hydrogen-bond donors (Lipinski definition) is 0. The van der Waals surface area contributed by atoms with Crippen LogP contribution >= 0.6 is 0 Å². The van der Waals surface area contributed by atoms with Gasteiger partial charge in [-0.15, -0.1) is 0 Å².